The van der Waals surface area contributed by atoms with Gasteiger partial charge in [-0.25, -0.2) is 4.98 Å². The molecule has 0 bridgehead atoms. The quantitative estimate of drug-likeness (QED) is 0.884. The minimum Gasteiger partial charge on any atom is -0.480 e. The van der Waals surface area contributed by atoms with Gasteiger partial charge in [-0.3, -0.25) is 9.59 Å². The van der Waals surface area contributed by atoms with Crippen LogP contribution >= 0.6 is 11.3 Å². The Balaban J connectivity index is 1.71. The zero-order chi connectivity index (χ0) is 16.4. The maximum atomic E-state index is 12.5. The van der Waals surface area contributed by atoms with Gasteiger partial charge in [0.2, 0.25) is 0 Å². The predicted octanol–water partition coefficient (Wildman–Crippen LogP) is 2.73. The van der Waals surface area contributed by atoms with E-state index in [9.17, 15) is 9.59 Å². The van der Waals surface area contributed by atoms with Crippen molar-refractivity contribution in [3.63, 3.8) is 0 Å². The molecule has 1 aliphatic carbocycles. The lowest BCUT2D eigenvalue weighted by Crippen LogP contribution is -2.37. The van der Waals surface area contributed by atoms with Gasteiger partial charge in [-0.05, 0) is 25.3 Å². The minimum absolute atomic E-state index is 0.0563. The summed E-state index contributed by atoms with van der Waals surface area (Å²) in [6, 6.07) is 8.27. The lowest BCUT2D eigenvalue weighted by atomic mass is 10.1. The van der Waals surface area contributed by atoms with Crippen molar-refractivity contribution >= 4 is 23.2 Å². The molecular weight excluding hydrogens is 312 g/mol. The molecule has 1 aromatic heterocycles. The van der Waals surface area contributed by atoms with E-state index >= 15 is 0 Å². The van der Waals surface area contributed by atoms with Gasteiger partial charge in [0, 0.05) is 17.8 Å². The van der Waals surface area contributed by atoms with Gasteiger partial charge in [-0.15, -0.1) is 11.3 Å². The van der Waals surface area contributed by atoms with Gasteiger partial charge in [0.15, 0.2) is 0 Å². The summed E-state index contributed by atoms with van der Waals surface area (Å²) in [4.78, 5) is 29.2. The van der Waals surface area contributed by atoms with Crippen molar-refractivity contribution in [2.24, 2.45) is 0 Å². The van der Waals surface area contributed by atoms with E-state index in [2.05, 4.69) is 29.2 Å². The second kappa shape index (κ2) is 6.50. The molecule has 1 aromatic carbocycles. The van der Waals surface area contributed by atoms with Gasteiger partial charge in [-0.1, -0.05) is 29.8 Å². The van der Waals surface area contributed by atoms with Gasteiger partial charge in [0.1, 0.15) is 12.2 Å². The summed E-state index contributed by atoms with van der Waals surface area (Å²) in [7, 11) is 0. The molecule has 6 heteroatoms. The molecule has 0 spiro atoms. The van der Waals surface area contributed by atoms with Crippen LogP contribution in [0.1, 0.15) is 39.5 Å². The molecule has 0 unspecified atom stereocenters. The van der Waals surface area contributed by atoms with E-state index in [4.69, 9.17) is 5.11 Å². The van der Waals surface area contributed by atoms with Crippen LogP contribution in [0.3, 0.4) is 0 Å². The number of hydrogen-bond donors (Lipinski definition) is 1. The van der Waals surface area contributed by atoms with Crippen molar-refractivity contribution in [2.75, 3.05) is 6.54 Å². The fraction of sp³-hybridized carbons (Fsp3) is 0.353. The molecule has 0 aliphatic heterocycles. The highest BCUT2D eigenvalue weighted by atomic mass is 32.1. The van der Waals surface area contributed by atoms with Crippen molar-refractivity contribution in [2.45, 2.75) is 32.2 Å². The highest BCUT2D eigenvalue weighted by Crippen LogP contribution is 2.28. The monoisotopic (exact) mass is 330 g/mol. The molecule has 1 N–H and O–H groups in total. The number of carboxylic acids is 1. The SMILES string of the molecule is Cc1ccc(Cc2nc(C(=O)N(CC(=O)O)C3CC3)cs2)cc1. The zero-order valence-corrected chi connectivity index (χ0v) is 13.7. The van der Waals surface area contributed by atoms with Crippen molar-refractivity contribution in [1.82, 2.24) is 9.88 Å². The number of carbonyl (C=O) groups excluding carboxylic acids is 1. The maximum Gasteiger partial charge on any atom is 0.323 e. The number of carbonyl (C=O) groups is 2. The molecule has 1 heterocycles. The number of aromatic nitrogens is 1. The van der Waals surface area contributed by atoms with Crippen LogP contribution < -0.4 is 0 Å². The molecule has 120 valence electrons. The Kier molecular flexibility index (Phi) is 4.43. The van der Waals surface area contributed by atoms with Crippen molar-refractivity contribution < 1.29 is 14.7 Å². The van der Waals surface area contributed by atoms with Crippen LogP contribution in [0.15, 0.2) is 29.6 Å². The summed E-state index contributed by atoms with van der Waals surface area (Å²) in [5.74, 6) is -1.26. The van der Waals surface area contributed by atoms with E-state index in [1.165, 1.54) is 21.8 Å². The van der Waals surface area contributed by atoms with E-state index in [-0.39, 0.29) is 18.5 Å². The first kappa shape index (κ1) is 15.7. The number of aliphatic carboxylic acids is 1. The Morgan fingerprint density at radius 3 is 2.61 bits per heavy atom. The highest BCUT2D eigenvalue weighted by molar-refractivity contribution is 7.09. The number of amides is 1. The number of thiazole rings is 1. The predicted molar refractivity (Wildman–Crippen MR) is 87.8 cm³/mol. The third-order valence-electron chi connectivity index (χ3n) is 3.80. The molecule has 23 heavy (non-hydrogen) atoms. The van der Waals surface area contributed by atoms with Gasteiger partial charge in [0.05, 0.1) is 5.01 Å². The van der Waals surface area contributed by atoms with Crippen LogP contribution in [0.5, 0.6) is 0 Å². The lowest BCUT2D eigenvalue weighted by Gasteiger charge is -2.18. The van der Waals surface area contributed by atoms with Crippen LogP contribution in [0.25, 0.3) is 0 Å². The van der Waals surface area contributed by atoms with Gasteiger partial charge >= 0.3 is 5.97 Å². The van der Waals surface area contributed by atoms with Crippen molar-refractivity contribution in [1.29, 1.82) is 0 Å². The maximum absolute atomic E-state index is 12.5. The van der Waals surface area contributed by atoms with E-state index in [0.29, 0.717) is 12.1 Å². The van der Waals surface area contributed by atoms with Crippen LogP contribution in [-0.4, -0.2) is 39.5 Å². The minimum atomic E-state index is -0.986. The fourth-order valence-electron chi connectivity index (χ4n) is 2.42. The second-order valence-electron chi connectivity index (χ2n) is 5.85. The van der Waals surface area contributed by atoms with Crippen LogP contribution in [0.4, 0.5) is 0 Å². The average Bonchev–Trinajstić information content (AvgIpc) is 3.25. The molecule has 3 rings (SSSR count). The number of rotatable bonds is 6. The molecule has 0 radical (unpaired) electrons. The molecule has 2 aromatic rings. The Morgan fingerprint density at radius 2 is 2.00 bits per heavy atom. The van der Waals surface area contributed by atoms with E-state index in [1.54, 1.807) is 5.38 Å². The summed E-state index contributed by atoms with van der Waals surface area (Å²) in [6.07, 6.45) is 2.43. The molecule has 0 saturated heterocycles. The standard InChI is InChI=1S/C17H18N2O3S/c1-11-2-4-12(5-3-11)8-15-18-14(10-23-15)17(22)19(9-16(20)21)13-6-7-13/h2-5,10,13H,6-9H2,1H3,(H,20,21). The largest absolute Gasteiger partial charge is 0.480 e. The first-order chi connectivity index (χ1) is 11.0. The molecule has 1 aliphatic rings. The summed E-state index contributed by atoms with van der Waals surface area (Å²) < 4.78 is 0. The molecule has 5 nitrogen and oxygen atoms in total. The third kappa shape index (κ3) is 3.96. The molecule has 1 saturated carbocycles. The van der Waals surface area contributed by atoms with Gasteiger partial charge in [0.25, 0.3) is 5.91 Å². The van der Waals surface area contributed by atoms with Gasteiger partial charge < -0.3 is 10.0 Å². The number of aryl methyl sites for hydroxylation is 1. The first-order valence-corrected chi connectivity index (χ1v) is 8.43. The third-order valence-corrected chi connectivity index (χ3v) is 4.65. The first-order valence-electron chi connectivity index (χ1n) is 7.55. The normalized spacial score (nSPS) is 13.8. The summed E-state index contributed by atoms with van der Waals surface area (Å²) in [5, 5.41) is 11.6. The summed E-state index contributed by atoms with van der Waals surface area (Å²) >= 11 is 1.44. The smallest absolute Gasteiger partial charge is 0.323 e. The molecule has 0 atom stereocenters. The topological polar surface area (TPSA) is 70.5 Å². The summed E-state index contributed by atoms with van der Waals surface area (Å²) in [5.41, 5.74) is 2.70. The molecule has 1 fully saturated rings. The summed E-state index contributed by atoms with van der Waals surface area (Å²) in [6.45, 7) is 1.78. The Labute approximate surface area is 138 Å². The number of benzene rings is 1. The number of carboxylic acid groups (broad SMARTS) is 1. The van der Waals surface area contributed by atoms with Crippen molar-refractivity contribution in [3.05, 3.63) is 51.5 Å². The highest BCUT2D eigenvalue weighted by Gasteiger charge is 2.35. The molecule has 1 amide bonds. The van der Waals surface area contributed by atoms with E-state index < -0.39 is 5.97 Å². The Bertz CT molecular complexity index is 720. The zero-order valence-electron chi connectivity index (χ0n) is 12.9. The number of nitrogens with zero attached hydrogens (tertiary/aromatic N) is 2. The Hall–Kier alpha value is -2.21. The second-order valence-corrected chi connectivity index (χ2v) is 6.79. The number of hydrogen-bond acceptors (Lipinski definition) is 4. The van der Waals surface area contributed by atoms with Crippen molar-refractivity contribution in [3.8, 4) is 0 Å². The fourth-order valence-corrected chi connectivity index (χ4v) is 3.22. The van der Waals surface area contributed by atoms with Crippen LogP contribution in [-0.2, 0) is 11.2 Å². The molecular formula is C17H18N2O3S. The average molecular weight is 330 g/mol. The van der Waals surface area contributed by atoms with Crippen LogP contribution in [0, 0.1) is 6.92 Å². The van der Waals surface area contributed by atoms with E-state index in [0.717, 1.165) is 23.4 Å². The lowest BCUT2D eigenvalue weighted by molar-refractivity contribution is -0.137. The van der Waals surface area contributed by atoms with Gasteiger partial charge in [-0.2, -0.15) is 0 Å². The van der Waals surface area contributed by atoms with E-state index in [1.807, 2.05) is 6.92 Å². The van der Waals surface area contributed by atoms with Crippen LogP contribution in [0.2, 0.25) is 0 Å². The Morgan fingerprint density at radius 1 is 1.30 bits per heavy atom.